The van der Waals surface area contributed by atoms with E-state index in [1.807, 2.05) is 6.07 Å². The molecule has 0 saturated heterocycles. The molecular formula is C43H30N2O. The number of ether oxygens (including phenoxy) is 1. The number of fused-ring (bicyclic) bond motifs is 7. The molecule has 46 heavy (non-hydrogen) atoms. The second kappa shape index (κ2) is 10.8. The zero-order valence-electron chi connectivity index (χ0n) is 25.1. The van der Waals surface area contributed by atoms with Crippen LogP contribution < -0.4 is 15.0 Å². The molecular weight excluding hydrogens is 560 g/mol. The van der Waals surface area contributed by atoms with Gasteiger partial charge < -0.3 is 15.0 Å². The van der Waals surface area contributed by atoms with Gasteiger partial charge in [-0.3, -0.25) is 0 Å². The maximum atomic E-state index is 6.67. The topological polar surface area (TPSA) is 24.5 Å². The highest BCUT2D eigenvalue weighted by Gasteiger charge is 2.28. The fraction of sp³-hybridized carbons (Fsp3) is 0.0233. The van der Waals surface area contributed by atoms with Gasteiger partial charge in [-0.1, -0.05) is 127 Å². The molecule has 1 N–H and O–H groups in total. The van der Waals surface area contributed by atoms with Gasteiger partial charge in [0.1, 0.15) is 0 Å². The molecule has 1 heterocycles. The summed E-state index contributed by atoms with van der Waals surface area (Å²) in [5.41, 5.74) is 7.83. The van der Waals surface area contributed by atoms with E-state index in [9.17, 15) is 0 Å². The van der Waals surface area contributed by atoms with E-state index in [0.717, 1.165) is 50.6 Å². The Balaban J connectivity index is 1.13. The Hall–Kier alpha value is -6.06. The van der Waals surface area contributed by atoms with Crippen LogP contribution in [-0.4, -0.2) is 0 Å². The molecule has 1 unspecified atom stereocenters. The van der Waals surface area contributed by atoms with Crippen LogP contribution in [0, 0.1) is 0 Å². The van der Waals surface area contributed by atoms with Crippen LogP contribution in [0.3, 0.4) is 0 Å². The highest BCUT2D eigenvalue weighted by atomic mass is 16.5. The van der Waals surface area contributed by atoms with E-state index >= 15 is 0 Å². The van der Waals surface area contributed by atoms with Crippen LogP contribution in [0.15, 0.2) is 170 Å². The van der Waals surface area contributed by atoms with Crippen LogP contribution in [-0.2, 0) is 0 Å². The zero-order chi connectivity index (χ0) is 30.5. The van der Waals surface area contributed by atoms with E-state index in [4.69, 9.17) is 4.74 Å². The predicted molar refractivity (Wildman–Crippen MR) is 193 cm³/mol. The number of hydrogen-bond donors (Lipinski definition) is 1. The maximum absolute atomic E-state index is 6.67. The first-order valence-corrected chi connectivity index (χ1v) is 15.7. The van der Waals surface area contributed by atoms with Crippen molar-refractivity contribution in [1.29, 1.82) is 0 Å². The average Bonchev–Trinajstić information content (AvgIpc) is 3.59. The Morgan fingerprint density at radius 1 is 0.435 bits per heavy atom. The summed E-state index contributed by atoms with van der Waals surface area (Å²) >= 11 is 0. The van der Waals surface area contributed by atoms with Crippen LogP contribution in [0.4, 0.5) is 22.7 Å². The molecule has 3 nitrogen and oxygen atoms in total. The molecule has 0 aliphatic carbocycles. The molecule has 0 fully saturated rings. The van der Waals surface area contributed by atoms with Crippen molar-refractivity contribution in [2.45, 2.75) is 6.23 Å². The number of nitrogens with zero attached hydrogens (tertiary/aromatic N) is 1. The van der Waals surface area contributed by atoms with Crippen LogP contribution in [0.5, 0.6) is 5.75 Å². The lowest BCUT2D eigenvalue weighted by Gasteiger charge is -2.26. The Morgan fingerprint density at radius 3 is 1.85 bits per heavy atom. The molecule has 9 rings (SSSR count). The number of hydrogen-bond acceptors (Lipinski definition) is 3. The second-order valence-corrected chi connectivity index (χ2v) is 11.8. The third kappa shape index (κ3) is 4.44. The smallest absolute Gasteiger partial charge is 0.196 e. The molecule has 0 bridgehead atoms. The minimum Gasteiger partial charge on any atom is -0.464 e. The normalized spacial score (nSPS) is 13.8. The first-order valence-electron chi connectivity index (χ1n) is 15.7. The van der Waals surface area contributed by atoms with E-state index in [0.29, 0.717) is 0 Å². The average molecular weight is 591 g/mol. The Labute approximate surface area is 267 Å². The molecule has 0 aromatic heterocycles. The van der Waals surface area contributed by atoms with Gasteiger partial charge in [-0.2, -0.15) is 0 Å². The predicted octanol–water partition coefficient (Wildman–Crippen LogP) is 11.8. The maximum Gasteiger partial charge on any atom is 0.196 e. The van der Waals surface area contributed by atoms with Crippen molar-refractivity contribution in [1.82, 2.24) is 0 Å². The summed E-state index contributed by atoms with van der Waals surface area (Å²) in [6, 6.07) is 60.3. The van der Waals surface area contributed by atoms with Crippen molar-refractivity contribution in [3.8, 4) is 16.9 Å². The molecule has 0 saturated carbocycles. The monoisotopic (exact) mass is 590 g/mol. The number of anilines is 4. The van der Waals surface area contributed by atoms with E-state index in [2.05, 4.69) is 174 Å². The summed E-state index contributed by atoms with van der Waals surface area (Å²) in [5, 5.41) is 10.8. The molecule has 1 aliphatic heterocycles. The van der Waals surface area contributed by atoms with Gasteiger partial charge in [0.05, 0.1) is 5.69 Å². The van der Waals surface area contributed by atoms with Gasteiger partial charge in [-0.05, 0) is 75.1 Å². The molecule has 218 valence electrons. The standard InChI is InChI=1S/C43H30N2O/c1-3-12-31(13-4-1)43-44-41-39-18-10-9-17-37(39)38-26-22-33(28-40(38)42(41)46-43)30-19-23-35(24-20-30)45(34-15-5-2-6-16-34)36-25-21-29-11-7-8-14-32(29)27-36/h1-28,43-44H. The first kappa shape index (κ1) is 26.4. The summed E-state index contributed by atoms with van der Waals surface area (Å²) in [4.78, 5) is 2.32. The quantitative estimate of drug-likeness (QED) is 0.202. The van der Waals surface area contributed by atoms with Gasteiger partial charge in [0.2, 0.25) is 0 Å². The van der Waals surface area contributed by atoms with E-state index in [-0.39, 0.29) is 6.23 Å². The molecule has 0 spiro atoms. The Kier molecular flexibility index (Phi) is 6.20. The minimum atomic E-state index is -0.229. The van der Waals surface area contributed by atoms with Crippen molar-refractivity contribution in [2.75, 3.05) is 10.2 Å². The van der Waals surface area contributed by atoms with Crippen molar-refractivity contribution in [2.24, 2.45) is 0 Å². The lowest BCUT2D eigenvalue weighted by molar-refractivity contribution is 0.262. The van der Waals surface area contributed by atoms with Gasteiger partial charge >= 0.3 is 0 Å². The Bertz CT molecular complexity index is 2370. The summed E-state index contributed by atoms with van der Waals surface area (Å²) < 4.78 is 6.67. The largest absolute Gasteiger partial charge is 0.464 e. The van der Waals surface area contributed by atoms with Crippen LogP contribution in [0.2, 0.25) is 0 Å². The SMILES string of the molecule is c1ccc(C2Nc3c(c4cc(-c5ccc(N(c6ccccc6)c6ccc7ccccc7c6)cc5)ccc4c4ccccc34)O2)cc1. The van der Waals surface area contributed by atoms with Crippen LogP contribution >= 0.6 is 0 Å². The van der Waals surface area contributed by atoms with Crippen molar-refractivity contribution < 1.29 is 4.74 Å². The molecule has 1 aliphatic rings. The van der Waals surface area contributed by atoms with Crippen molar-refractivity contribution in [3.05, 3.63) is 175 Å². The van der Waals surface area contributed by atoms with Gasteiger partial charge in [0, 0.05) is 33.4 Å². The number of rotatable bonds is 5. The molecule has 8 aromatic carbocycles. The lowest BCUT2D eigenvalue weighted by atomic mass is 9.95. The van der Waals surface area contributed by atoms with Crippen LogP contribution in [0.25, 0.3) is 43.4 Å². The number of para-hydroxylation sites is 1. The molecule has 0 radical (unpaired) electrons. The fourth-order valence-electron chi connectivity index (χ4n) is 6.81. The number of nitrogens with one attached hydrogen (secondary N) is 1. The molecule has 0 amide bonds. The van der Waals surface area contributed by atoms with Crippen molar-refractivity contribution in [3.63, 3.8) is 0 Å². The minimum absolute atomic E-state index is 0.229. The molecule has 8 aromatic rings. The highest BCUT2D eigenvalue weighted by molar-refractivity contribution is 6.18. The van der Waals surface area contributed by atoms with E-state index < -0.39 is 0 Å². The summed E-state index contributed by atoms with van der Waals surface area (Å²) in [6.45, 7) is 0. The first-order chi connectivity index (χ1) is 22.8. The van der Waals surface area contributed by atoms with Gasteiger partial charge in [0.15, 0.2) is 12.0 Å². The second-order valence-electron chi connectivity index (χ2n) is 11.8. The summed E-state index contributed by atoms with van der Waals surface area (Å²) in [5.74, 6) is 0.910. The summed E-state index contributed by atoms with van der Waals surface area (Å²) in [7, 11) is 0. The van der Waals surface area contributed by atoms with Gasteiger partial charge in [0.25, 0.3) is 0 Å². The molecule has 3 heteroatoms. The third-order valence-electron chi connectivity index (χ3n) is 9.06. The Morgan fingerprint density at radius 2 is 1.04 bits per heavy atom. The van der Waals surface area contributed by atoms with Crippen LogP contribution in [0.1, 0.15) is 11.8 Å². The lowest BCUT2D eigenvalue weighted by Crippen LogP contribution is -2.09. The number of benzene rings is 8. The summed E-state index contributed by atoms with van der Waals surface area (Å²) in [6.07, 6.45) is -0.229. The highest BCUT2D eigenvalue weighted by Crippen LogP contribution is 2.49. The van der Waals surface area contributed by atoms with Crippen molar-refractivity contribution >= 4 is 55.1 Å². The fourth-order valence-corrected chi connectivity index (χ4v) is 6.81. The van der Waals surface area contributed by atoms with Gasteiger partial charge in [-0.15, -0.1) is 0 Å². The van der Waals surface area contributed by atoms with E-state index in [1.54, 1.807) is 0 Å². The third-order valence-corrected chi connectivity index (χ3v) is 9.06. The van der Waals surface area contributed by atoms with Gasteiger partial charge in [-0.25, -0.2) is 0 Å². The van der Waals surface area contributed by atoms with E-state index in [1.165, 1.54) is 26.9 Å². The zero-order valence-corrected chi connectivity index (χ0v) is 25.1. The molecule has 1 atom stereocenters.